The van der Waals surface area contributed by atoms with Crippen LogP contribution < -0.4 is 14.7 Å². The molecule has 0 radical (unpaired) electrons. The molecule has 1 spiro atoms. The van der Waals surface area contributed by atoms with Gasteiger partial charge < -0.3 is 19.4 Å². The lowest BCUT2D eigenvalue weighted by molar-refractivity contribution is 0.0213. The number of hydrogen-bond donors (Lipinski definition) is 0. The summed E-state index contributed by atoms with van der Waals surface area (Å²) in [5.41, 5.74) is 8.48. The number of piperidine rings is 2. The Morgan fingerprint density at radius 3 is 1.72 bits per heavy atom. The average molecular weight is 520 g/mol. The molecule has 0 aromatic heterocycles. The summed E-state index contributed by atoms with van der Waals surface area (Å²) in [6.45, 7) is 4.53. The van der Waals surface area contributed by atoms with Gasteiger partial charge in [-0.1, -0.05) is 24.3 Å². The first-order valence-electron chi connectivity index (χ1n) is 14.9. The number of rotatable bonds is 5. The molecule has 3 heterocycles. The maximum absolute atomic E-state index is 13.2. The quantitative estimate of drug-likeness (QED) is 0.375. The third-order valence-corrected chi connectivity index (χ3v) is 10.3. The molecule has 39 heavy (non-hydrogen) atoms. The average Bonchev–Trinajstić information content (AvgIpc) is 3.37. The predicted octanol–water partition coefficient (Wildman–Crippen LogP) is 6.20. The van der Waals surface area contributed by atoms with Gasteiger partial charge in [0, 0.05) is 62.9 Å². The van der Waals surface area contributed by atoms with E-state index in [1.807, 2.05) is 6.07 Å². The zero-order chi connectivity index (χ0) is 26.4. The molecule has 5 heteroatoms. The highest BCUT2D eigenvalue weighted by molar-refractivity contribution is 6.03. The Bertz CT molecular complexity index is 1390. The number of esters is 1. The fourth-order valence-electron chi connectivity index (χ4n) is 8.49. The van der Waals surface area contributed by atoms with Gasteiger partial charge in [-0.25, -0.2) is 4.79 Å². The molecule has 3 aromatic rings. The molecule has 0 bridgehead atoms. The van der Waals surface area contributed by atoms with E-state index in [1.165, 1.54) is 72.3 Å². The van der Waals surface area contributed by atoms with E-state index >= 15 is 0 Å². The monoisotopic (exact) mass is 519 g/mol. The highest BCUT2D eigenvalue weighted by atomic mass is 16.6. The Morgan fingerprint density at radius 1 is 0.718 bits per heavy atom. The number of carbonyl (C=O) groups is 1. The van der Waals surface area contributed by atoms with Gasteiger partial charge in [-0.2, -0.15) is 0 Å². The lowest BCUT2D eigenvalue weighted by atomic mass is 9.82. The highest BCUT2D eigenvalue weighted by Crippen LogP contribution is 2.88. The van der Waals surface area contributed by atoms with Gasteiger partial charge in [-0.3, -0.25) is 0 Å². The molecule has 1 saturated carbocycles. The van der Waals surface area contributed by atoms with E-state index in [4.69, 9.17) is 4.74 Å². The summed E-state index contributed by atoms with van der Waals surface area (Å²) in [6.07, 6.45) is 7.72. The number of nitrogens with zero attached hydrogens (tertiary/aromatic N) is 3. The molecule has 3 fully saturated rings. The Morgan fingerprint density at radius 2 is 1.23 bits per heavy atom. The minimum absolute atomic E-state index is 0.130. The molecule has 200 valence electrons. The zero-order valence-electron chi connectivity index (χ0n) is 23.1. The Labute approximate surface area is 231 Å². The van der Waals surface area contributed by atoms with Crippen LogP contribution >= 0.6 is 0 Å². The number of ether oxygens (including phenoxy) is 1. The Balaban J connectivity index is 1.26. The van der Waals surface area contributed by atoms with Crippen LogP contribution in [0.25, 0.3) is 0 Å². The van der Waals surface area contributed by atoms with Gasteiger partial charge in [-0.05, 0) is 91.6 Å². The second kappa shape index (κ2) is 8.27. The van der Waals surface area contributed by atoms with Gasteiger partial charge in [-0.15, -0.1) is 0 Å². The second-order valence-electron chi connectivity index (χ2n) is 12.4. The SMILES string of the molecule is CN(C)c1ccc2c3c1C1C3(OC2=O)C1(c1ccc(N2CCCCC2)cc1)c1ccc(N2CCCCC2)cc1. The number of benzene rings is 3. The van der Waals surface area contributed by atoms with Crippen LogP contribution in [-0.2, 0) is 15.8 Å². The Kier molecular flexibility index (Phi) is 4.96. The van der Waals surface area contributed by atoms with Crippen LogP contribution in [0.5, 0.6) is 0 Å². The largest absolute Gasteiger partial charge is 0.448 e. The van der Waals surface area contributed by atoms with Crippen molar-refractivity contribution >= 4 is 23.0 Å². The van der Waals surface area contributed by atoms with Crippen molar-refractivity contribution in [1.82, 2.24) is 0 Å². The van der Waals surface area contributed by atoms with Crippen molar-refractivity contribution in [3.05, 3.63) is 88.5 Å². The van der Waals surface area contributed by atoms with E-state index < -0.39 is 11.0 Å². The molecule has 2 unspecified atom stereocenters. The number of carbonyl (C=O) groups excluding carboxylic acids is 1. The molecule has 5 aliphatic rings. The molecule has 8 rings (SSSR count). The van der Waals surface area contributed by atoms with E-state index in [1.54, 1.807) is 0 Å². The fourth-order valence-corrected chi connectivity index (χ4v) is 8.49. The number of anilines is 3. The van der Waals surface area contributed by atoms with Crippen LogP contribution in [0.4, 0.5) is 17.1 Å². The van der Waals surface area contributed by atoms with Crippen molar-refractivity contribution in [3.63, 3.8) is 0 Å². The van der Waals surface area contributed by atoms with Crippen molar-refractivity contribution in [2.24, 2.45) is 0 Å². The van der Waals surface area contributed by atoms with Crippen molar-refractivity contribution in [1.29, 1.82) is 0 Å². The standard InChI is InChI=1S/C34H37N3O2/c1-35(2)28-18-17-27-30-29(28)31-33(34(30,31)39-32(27)38,23-9-13-25(14-10-23)36-19-5-3-6-20-36)24-11-15-26(16-12-24)37-21-7-4-8-22-37/h9-18,31H,3-8,19-22H2,1-2H3. The zero-order valence-corrected chi connectivity index (χ0v) is 23.1. The molecular weight excluding hydrogens is 482 g/mol. The molecule has 3 aliphatic heterocycles. The molecule has 2 saturated heterocycles. The molecule has 5 nitrogen and oxygen atoms in total. The van der Waals surface area contributed by atoms with Crippen LogP contribution in [0.1, 0.15) is 77.1 Å². The first-order valence-corrected chi connectivity index (χ1v) is 14.9. The van der Waals surface area contributed by atoms with Crippen molar-refractivity contribution in [3.8, 4) is 0 Å². The normalized spacial score (nSPS) is 25.9. The minimum atomic E-state index is -0.597. The summed E-state index contributed by atoms with van der Waals surface area (Å²) in [7, 11) is 4.20. The number of hydrogen-bond acceptors (Lipinski definition) is 5. The second-order valence-corrected chi connectivity index (χ2v) is 12.4. The maximum Gasteiger partial charge on any atom is 0.339 e. The maximum atomic E-state index is 13.2. The van der Waals surface area contributed by atoms with Crippen LogP contribution in [0.2, 0.25) is 0 Å². The molecule has 2 aliphatic carbocycles. The molecule has 0 amide bonds. The molecule has 2 atom stereocenters. The van der Waals surface area contributed by atoms with Crippen molar-refractivity contribution in [2.45, 2.75) is 55.5 Å². The van der Waals surface area contributed by atoms with Gasteiger partial charge in [0.1, 0.15) is 0 Å². The van der Waals surface area contributed by atoms with Gasteiger partial charge in [0.25, 0.3) is 0 Å². The van der Waals surface area contributed by atoms with Gasteiger partial charge in [0.05, 0.1) is 16.9 Å². The smallest absolute Gasteiger partial charge is 0.339 e. The molecular formula is C34H37N3O2. The number of fused-ring (bicyclic) bond motifs is 1. The summed E-state index contributed by atoms with van der Waals surface area (Å²) in [5.74, 6) is -0.0405. The van der Waals surface area contributed by atoms with E-state index in [-0.39, 0.29) is 11.9 Å². The first-order chi connectivity index (χ1) is 19.1. The van der Waals surface area contributed by atoms with Gasteiger partial charge in [0.2, 0.25) is 0 Å². The van der Waals surface area contributed by atoms with Gasteiger partial charge >= 0.3 is 5.97 Å². The Hall–Kier alpha value is -3.47. The third-order valence-electron chi connectivity index (χ3n) is 10.3. The highest BCUT2D eigenvalue weighted by Gasteiger charge is 2.91. The first kappa shape index (κ1) is 23.4. The van der Waals surface area contributed by atoms with E-state index in [2.05, 4.69) is 83.4 Å². The van der Waals surface area contributed by atoms with E-state index in [0.717, 1.165) is 37.3 Å². The lowest BCUT2D eigenvalue weighted by Crippen LogP contribution is -2.30. The molecule has 0 N–H and O–H groups in total. The summed E-state index contributed by atoms with van der Waals surface area (Å²) < 4.78 is 6.44. The topological polar surface area (TPSA) is 36.0 Å². The van der Waals surface area contributed by atoms with E-state index in [9.17, 15) is 4.79 Å². The summed E-state index contributed by atoms with van der Waals surface area (Å²) in [4.78, 5) is 20.5. The predicted molar refractivity (Wildman–Crippen MR) is 156 cm³/mol. The lowest BCUT2D eigenvalue weighted by Gasteiger charge is -2.30. The summed E-state index contributed by atoms with van der Waals surface area (Å²) in [5, 5.41) is 0. The summed E-state index contributed by atoms with van der Waals surface area (Å²) in [6, 6.07) is 22.5. The molecule has 3 aromatic carbocycles. The van der Waals surface area contributed by atoms with Crippen LogP contribution in [0, 0.1) is 0 Å². The van der Waals surface area contributed by atoms with Gasteiger partial charge in [0.15, 0.2) is 5.60 Å². The van der Waals surface area contributed by atoms with Crippen LogP contribution in [0.15, 0.2) is 60.7 Å². The van der Waals surface area contributed by atoms with E-state index in [0.29, 0.717) is 0 Å². The minimum Gasteiger partial charge on any atom is -0.448 e. The van der Waals surface area contributed by atoms with Crippen LogP contribution in [-0.4, -0.2) is 46.2 Å². The van der Waals surface area contributed by atoms with Crippen LogP contribution in [0.3, 0.4) is 0 Å². The van der Waals surface area contributed by atoms with Crippen molar-refractivity contribution in [2.75, 3.05) is 55.0 Å². The third kappa shape index (κ3) is 2.94. The fraction of sp³-hybridized carbons (Fsp3) is 0.441. The summed E-state index contributed by atoms with van der Waals surface area (Å²) >= 11 is 0. The van der Waals surface area contributed by atoms with Crippen molar-refractivity contribution < 1.29 is 9.53 Å².